The lowest BCUT2D eigenvalue weighted by molar-refractivity contribution is -0.132. The molecular weight excluding hydrogens is 382 g/mol. The Bertz CT molecular complexity index is 791. The average molecular weight is 414 g/mol. The smallest absolute Gasteiger partial charge is 0.228 e. The van der Waals surface area contributed by atoms with Crippen molar-refractivity contribution in [1.29, 1.82) is 0 Å². The molecule has 2 aromatic rings. The first-order chi connectivity index (χ1) is 14.1. The number of piperidine rings is 1. The summed E-state index contributed by atoms with van der Waals surface area (Å²) in [7, 11) is 0. The second-order valence-electron chi connectivity index (χ2n) is 8.49. The molecule has 1 aromatic carbocycles. The molecule has 0 aliphatic carbocycles. The highest BCUT2D eigenvalue weighted by Gasteiger charge is 2.28. The first kappa shape index (κ1) is 20.5. The molecule has 2 aliphatic heterocycles. The van der Waals surface area contributed by atoms with Crippen LogP contribution in [0.3, 0.4) is 0 Å². The molecule has 2 unspecified atom stereocenters. The van der Waals surface area contributed by atoms with E-state index >= 15 is 0 Å². The number of hydrogen-bond acceptors (Lipinski definition) is 5. The van der Waals surface area contributed by atoms with Gasteiger partial charge in [-0.15, -0.1) is 11.3 Å². The molecule has 0 radical (unpaired) electrons. The summed E-state index contributed by atoms with van der Waals surface area (Å²) in [6, 6.07) is 10.2. The maximum atomic E-state index is 12.8. The highest BCUT2D eigenvalue weighted by atomic mass is 32.1. The van der Waals surface area contributed by atoms with Crippen LogP contribution in [0.1, 0.15) is 32.4 Å². The van der Waals surface area contributed by atoms with Crippen molar-refractivity contribution in [1.82, 2.24) is 14.8 Å². The molecule has 2 saturated heterocycles. The van der Waals surface area contributed by atoms with Gasteiger partial charge in [0.05, 0.1) is 24.3 Å². The molecule has 6 heteroatoms. The fourth-order valence-electron chi connectivity index (χ4n) is 4.53. The van der Waals surface area contributed by atoms with E-state index in [0.29, 0.717) is 24.5 Å². The van der Waals surface area contributed by atoms with E-state index in [1.54, 1.807) is 11.3 Å². The molecule has 29 heavy (non-hydrogen) atoms. The number of nitrogens with zero attached hydrogens (tertiary/aromatic N) is 3. The Hall–Kier alpha value is -1.76. The van der Waals surface area contributed by atoms with Gasteiger partial charge in [-0.25, -0.2) is 4.98 Å². The molecule has 0 saturated carbocycles. The Morgan fingerprint density at radius 3 is 2.52 bits per heavy atom. The fraction of sp³-hybridized carbons (Fsp3) is 0.565. The second-order valence-corrected chi connectivity index (χ2v) is 9.34. The maximum Gasteiger partial charge on any atom is 0.228 e. The number of carbonyl (C=O) groups excluding carboxylic acids is 1. The molecule has 1 aromatic heterocycles. The number of thiazole rings is 1. The number of hydrogen-bond donors (Lipinski definition) is 0. The van der Waals surface area contributed by atoms with Gasteiger partial charge in [0, 0.05) is 43.7 Å². The summed E-state index contributed by atoms with van der Waals surface area (Å²) in [5.41, 5.74) is 2.00. The first-order valence-electron chi connectivity index (χ1n) is 10.7. The van der Waals surface area contributed by atoms with E-state index in [2.05, 4.69) is 35.9 Å². The van der Waals surface area contributed by atoms with E-state index in [0.717, 1.165) is 61.8 Å². The number of aromatic nitrogens is 1. The summed E-state index contributed by atoms with van der Waals surface area (Å²) in [6.45, 7) is 9.24. The number of benzene rings is 1. The van der Waals surface area contributed by atoms with Gasteiger partial charge < -0.3 is 9.64 Å². The SMILES string of the molecule is CC1CN(CC2CCN(C(=O)Cc3csc(-c4ccccc4)n3)CC2)CC(C)O1. The van der Waals surface area contributed by atoms with Gasteiger partial charge in [0.25, 0.3) is 0 Å². The van der Waals surface area contributed by atoms with Crippen LogP contribution in [0.15, 0.2) is 35.7 Å². The number of amides is 1. The van der Waals surface area contributed by atoms with Gasteiger partial charge >= 0.3 is 0 Å². The van der Waals surface area contributed by atoms with Gasteiger partial charge in [-0.3, -0.25) is 9.69 Å². The predicted molar refractivity (Wildman–Crippen MR) is 117 cm³/mol. The number of rotatable bonds is 5. The van der Waals surface area contributed by atoms with Gasteiger partial charge in [0.15, 0.2) is 0 Å². The fourth-order valence-corrected chi connectivity index (χ4v) is 5.36. The Morgan fingerprint density at radius 2 is 1.83 bits per heavy atom. The van der Waals surface area contributed by atoms with Crippen molar-refractivity contribution in [3.8, 4) is 10.6 Å². The zero-order valence-corrected chi connectivity index (χ0v) is 18.2. The summed E-state index contributed by atoms with van der Waals surface area (Å²) in [5.74, 6) is 0.891. The van der Waals surface area contributed by atoms with Gasteiger partial charge in [-0.2, -0.15) is 0 Å². The highest BCUT2D eigenvalue weighted by molar-refractivity contribution is 7.13. The molecule has 156 valence electrons. The summed E-state index contributed by atoms with van der Waals surface area (Å²) in [4.78, 5) is 22.0. The quantitative estimate of drug-likeness (QED) is 0.750. The van der Waals surface area contributed by atoms with Crippen molar-refractivity contribution < 1.29 is 9.53 Å². The molecule has 2 atom stereocenters. The average Bonchev–Trinajstić information content (AvgIpc) is 3.17. The lowest BCUT2D eigenvalue weighted by atomic mass is 9.95. The van der Waals surface area contributed by atoms with Gasteiger partial charge in [0.2, 0.25) is 5.91 Å². The third kappa shape index (κ3) is 5.44. The highest BCUT2D eigenvalue weighted by Crippen LogP contribution is 2.25. The summed E-state index contributed by atoms with van der Waals surface area (Å²) < 4.78 is 5.84. The molecule has 0 bridgehead atoms. The lowest BCUT2D eigenvalue weighted by Crippen LogP contribution is -2.48. The standard InChI is InChI=1S/C23H31N3O2S/c1-17-13-25(14-18(2)28-17)15-19-8-10-26(11-9-19)22(27)12-21-16-29-23(24-21)20-6-4-3-5-7-20/h3-7,16-19H,8-15H2,1-2H3. The van der Waals surface area contributed by atoms with Crippen molar-refractivity contribution in [3.63, 3.8) is 0 Å². The van der Waals surface area contributed by atoms with E-state index in [9.17, 15) is 4.79 Å². The zero-order valence-electron chi connectivity index (χ0n) is 17.4. The van der Waals surface area contributed by atoms with Crippen LogP contribution in [0.4, 0.5) is 0 Å². The number of morpholine rings is 1. The Morgan fingerprint density at radius 1 is 1.14 bits per heavy atom. The molecule has 5 nitrogen and oxygen atoms in total. The minimum absolute atomic E-state index is 0.210. The zero-order chi connectivity index (χ0) is 20.2. The molecule has 2 fully saturated rings. The predicted octanol–water partition coefficient (Wildman–Crippen LogP) is 3.70. The van der Waals surface area contributed by atoms with Crippen LogP contribution in [0.2, 0.25) is 0 Å². The number of carbonyl (C=O) groups is 1. The van der Waals surface area contributed by atoms with Crippen LogP contribution in [0.25, 0.3) is 10.6 Å². The topological polar surface area (TPSA) is 45.7 Å². The molecule has 2 aliphatic rings. The number of likely N-dealkylation sites (tertiary alicyclic amines) is 1. The van der Waals surface area contributed by atoms with Gasteiger partial charge in [-0.1, -0.05) is 30.3 Å². The molecular formula is C23H31N3O2S. The molecule has 3 heterocycles. The number of ether oxygens (including phenoxy) is 1. The van der Waals surface area contributed by atoms with Crippen LogP contribution in [0.5, 0.6) is 0 Å². The Balaban J connectivity index is 1.25. The summed E-state index contributed by atoms with van der Waals surface area (Å²) in [6.07, 6.45) is 3.24. The molecule has 1 amide bonds. The Kier molecular flexibility index (Phi) is 6.63. The second kappa shape index (κ2) is 9.37. The van der Waals surface area contributed by atoms with Crippen molar-refractivity contribution in [2.45, 2.75) is 45.3 Å². The van der Waals surface area contributed by atoms with Gasteiger partial charge in [0.1, 0.15) is 5.01 Å². The van der Waals surface area contributed by atoms with E-state index in [-0.39, 0.29) is 5.91 Å². The van der Waals surface area contributed by atoms with Crippen molar-refractivity contribution in [3.05, 3.63) is 41.4 Å². The van der Waals surface area contributed by atoms with E-state index in [1.807, 2.05) is 28.5 Å². The third-order valence-corrected chi connectivity index (χ3v) is 6.82. The summed E-state index contributed by atoms with van der Waals surface area (Å²) >= 11 is 1.61. The third-order valence-electron chi connectivity index (χ3n) is 5.88. The van der Waals surface area contributed by atoms with Crippen molar-refractivity contribution in [2.24, 2.45) is 5.92 Å². The van der Waals surface area contributed by atoms with E-state index in [4.69, 9.17) is 4.74 Å². The Labute approximate surface area is 177 Å². The first-order valence-corrected chi connectivity index (χ1v) is 11.6. The lowest BCUT2D eigenvalue weighted by Gasteiger charge is -2.39. The monoisotopic (exact) mass is 413 g/mol. The van der Waals surface area contributed by atoms with E-state index in [1.165, 1.54) is 0 Å². The van der Waals surface area contributed by atoms with Crippen LogP contribution in [-0.2, 0) is 16.0 Å². The maximum absolute atomic E-state index is 12.8. The van der Waals surface area contributed by atoms with Crippen LogP contribution >= 0.6 is 11.3 Å². The largest absolute Gasteiger partial charge is 0.373 e. The minimum Gasteiger partial charge on any atom is -0.373 e. The normalized spacial score (nSPS) is 24.0. The van der Waals surface area contributed by atoms with Crippen LogP contribution < -0.4 is 0 Å². The minimum atomic E-state index is 0.210. The van der Waals surface area contributed by atoms with Crippen LogP contribution in [0, 0.1) is 5.92 Å². The summed E-state index contributed by atoms with van der Waals surface area (Å²) in [5, 5.41) is 3.01. The molecule has 4 rings (SSSR count). The molecule has 0 spiro atoms. The van der Waals surface area contributed by atoms with E-state index < -0.39 is 0 Å². The molecule has 0 N–H and O–H groups in total. The van der Waals surface area contributed by atoms with Crippen molar-refractivity contribution >= 4 is 17.2 Å². The van der Waals surface area contributed by atoms with Gasteiger partial charge in [-0.05, 0) is 32.6 Å². The van der Waals surface area contributed by atoms with Crippen LogP contribution in [-0.4, -0.2) is 65.6 Å². The van der Waals surface area contributed by atoms with Crippen molar-refractivity contribution in [2.75, 3.05) is 32.7 Å².